The number of rotatable bonds is 4. The van der Waals surface area contributed by atoms with Crippen LogP contribution in [0.1, 0.15) is 0 Å². The maximum atomic E-state index is 11.2. The van der Waals surface area contributed by atoms with Crippen LogP contribution >= 0.6 is 0 Å². The first-order chi connectivity index (χ1) is 9.93. The molecule has 0 saturated carbocycles. The third-order valence-electron chi connectivity index (χ3n) is 3.15. The predicted molar refractivity (Wildman–Crippen MR) is 78.1 cm³/mol. The molecule has 0 fully saturated rings. The average Bonchev–Trinajstić information content (AvgIpc) is 2.46. The van der Waals surface area contributed by atoms with Gasteiger partial charge in [0.05, 0.1) is 24.6 Å². The topological polar surface area (TPSA) is 97.2 Å². The molecule has 108 valence electrons. The number of nitro groups is 1. The Hall–Kier alpha value is -2.80. The number of benzene rings is 2. The molecule has 0 saturated heterocycles. The average molecular weight is 288 g/mol. The zero-order valence-corrected chi connectivity index (χ0v) is 11.5. The van der Waals surface area contributed by atoms with Crippen molar-refractivity contribution in [2.75, 3.05) is 14.1 Å². The summed E-state index contributed by atoms with van der Waals surface area (Å²) in [6, 6.07) is 8.80. The normalized spacial score (nSPS) is 10.6. The largest absolute Gasteiger partial charge is 0.507 e. The minimum atomic E-state index is -0.599. The molecular weight excluding hydrogens is 274 g/mol. The van der Waals surface area contributed by atoms with Crippen LogP contribution in [0.25, 0.3) is 11.1 Å². The minimum absolute atomic E-state index is 0.0284. The molecule has 0 unspecified atom stereocenters. The zero-order chi connectivity index (χ0) is 15.6. The van der Waals surface area contributed by atoms with Gasteiger partial charge in [-0.05, 0) is 23.4 Å². The number of nitro benzene ring substituents is 1. The lowest BCUT2D eigenvalue weighted by molar-refractivity contribution is -0.786. The van der Waals surface area contributed by atoms with Gasteiger partial charge >= 0.3 is 0 Å². The molecule has 0 aliphatic carbocycles. The fourth-order valence-electron chi connectivity index (χ4n) is 2.02. The number of nitrogens with zero attached hydrogens (tertiary/aromatic N) is 2. The highest BCUT2D eigenvalue weighted by atomic mass is 16.6. The molecule has 0 aliphatic rings. The summed E-state index contributed by atoms with van der Waals surface area (Å²) in [6.07, 6.45) is 0. The van der Waals surface area contributed by atoms with Gasteiger partial charge in [-0.2, -0.15) is 0 Å². The van der Waals surface area contributed by atoms with E-state index in [9.17, 15) is 20.1 Å². The Balaban J connectivity index is 2.68. The Bertz CT molecular complexity index is 713. The Morgan fingerprint density at radius 1 is 1.14 bits per heavy atom. The van der Waals surface area contributed by atoms with Crippen molar-refractivity contribution in [3.05, 3.63) is 51.4 Å². The van der Waals surface area contributed by atoms with Gasteiger partial charge in [0, 0.05) is 23.8 Å². The molecule has 0 spiro atoms. The second kappa shape index (κ2) is 5.68. The van der Waals surface area contributed by atoms with E-state index in [2.05, 4.69) is 5.18 Å². The van der Waals surface area contributed by atoms with Crippen LogP contribution in [-0.4, -0.2) is 24.1 Å². The molecule has 0 atom stereocenters. The standard InChI is InChI=1S/C14H13N3O4/c1-16(2)10-4-6-14(18)12(8-10)11-5-3-9(15-19)7-13(11)17(20)21/h3-8,18H,1-2H3/p+1. The Morgan fingerprint density at radius 3 is 2.43 bits per heavy atom. The molecule has 2 N–H and O–H groups in total. The third-order valence-corrected chi connectivity index (χ3v) is 3.15. The van der Waals surface area contributed by atoms with Crippen molar-refractivity contribution in [2.24, 2.45) is 5.18 Å². The van der Waals surface area contributed by atoms with E-state index in [4.69, 9.17) is 0 Å². The van der Waals surface area contributed by atoms with Crippen molar-refractivity contribution in [3.8, 4) is 16.9 Å². The monoisotopic (exact) mass is 288 g/mol. The van der Waals surface area contributed by atoms with Crippen LogP contribution in [0.5, 0.6) is 5.75 Å². The minimum Gasteiger partial charge on any atom is -0.507 e. The summed E-state index contributed by atoms with van der Waals surface area (Å²) in [7, 11) is 3.81. The van der Waals surface area contributed by atoms with E-state index in [-0.39, 0.29) is 22.7 Å². The van der Waals surface area contributed by atoms with Crippen LogP contribution in [0.4, 0.5) is 17.1 Å². The lowest BCUT2D eigenvalue weighted by Crippen LogP contribution is -3.00. The summed E-state index contributed by atoms with van der Waals surface area (Å²) in [5.74, 6) is -0.0603. The second-order valence-corrected chi connectivity index (χ2v) is 4.78. The summed E-state index contributed by atoms with van der Waals surface area (Å²) in [5, 5.41) is 23.8. The first-order valence-corrected chi connectivity index (χ1v) is 6.19. The van der Waals surface area contributed by atoms with Crippen molar-refractivity contribution in [1.82, 2.24) is 0 Å². The molecule has 2 aromatic rings. The second-order valence-electron chi connectivity index (χ2n) is 4.78. The van der Waals surface area contributed by atoms with Gasteiger partial charge in [0.25, 0.3) is 5.69 Å². The van der Waals surface area contributed by atoms with Crippen LogP contribution in [0.15, 0.2) is 41.6 Å². The zero-order valence-electron chi connectivity index (χ0n) is 11.5. The van der Waals surface area contributed by atoms with E-state index in [1.54, 1.807) is 12.1 Å². The maximum Gasteiger partial charge on any atom is 0.279 e. The summed E-state index contributed by atoms with van der Waals surface area (Å²) < 4.78 is 0. The maximum absolute atomic E-state index is 11.2. The highest BCUT2D eigenvalue weighted by molar-refractivity contribution is 5.81. The highest BCUT2D eigenvalue weighted by Gasteiger charge is 2.20. The van der Waals surface area contributed by atoms with Gasteiger partial charge in [-0.25, -0.2) is 0 Å². The molecule has 21 heavy (non-hydrogen) atoms. The lowest BCUT2D eigenvalue weighted by Gasteiger charge is -2.11. The van der Waals surface area contributed by atoms with E-state index in [1.165, 1.54) is 18.2 Å². The van der Waals surface area contributed by atoms with Gasteiger partial charge < -0.3 is 10.0 Å². The fourth-order valence-corrected chi connectivity index (χ4v) is 2.02. The highest BCUT2D eigenvalue weighted by Crippen LogP contribution is 2.38. The van der Waals surface area contributed by atoms with Gasteiger partial charge in [-0.3, -0.25) is 10.1 Å². The molecule has 0 radical (unpaired) electrons. The molecule has 0 amide bonds. The number of quaternary nitrogens is 1. The SMILES string of the molecule is C[NH+](C)c1ccc(O)c(-c2ccc(N=O)cc2[N+](=O)[O-])c1. The quantitative estimate of drug-likeness (QED) is 0.390. The smallest absolute Gasteiger partial charge is 0.279 e. The predicted octanol–water partition coefficient (Wildman–Crippen LogP) is 2.14. The van der Waals surface area contributed by atoms with Gasteiger partial charge in [-0.1, -0.05) is 0 Å². The number of hydrogen-bond donors (Lipinski definition) is 2. The number of nitrogens with one attached hydrogen (secondary N) is 1. The van der Waals surface area contributed by atoms with E-state index in [1.807, 2.05) is 14.1 Å². The van der Waals surface area contributed by atoms with Crippen molar-refractivity contribution >= 4 is 17.1 Å². The van der Waals surface area contributed by atoms with E-state index in [0.29, 0.717) is 5.56 Å². The first kappa shape index (κ1) is 14.6. The third kappa shape index (κ3) is 2.87. The van der Waals surface area contributed by atoms with Crippen molar-refractivity contribution < 1.29 is 14.9 Å². The molecule has 7 nitrogen and oxygen atoms in total. The van der Waals surface area contributed by atoms with Crippen molar-refractivity contribution in [3.63, 3.8) is 0 Å². The Kier molecular flexibility index (Phi) is 3.95. The van der Waals surface area contributed by atoms with Crippen LogP contribution in [0, 0.1) is 15.0 Å². The van der Waals surface area contributed by atoms with Gasteiger partial charge in [0.2, 0.25) is 0 Å². The van der Waals surface area contributed by atoms with Gasteiger partial charge in [-0.15, -0.1) is 4.91 Å². The Labute approximate surface area is 120 Å². The number of phenolic OH excluding ortho intramolecular Hbond substituents is 1. The molecule has 2 rings (SSSR count). The summed E-state index contributed by atoms with van der Waals surface area (Å²) in [4.78, 5) is 22.1. The van der Waals surface area contributed by atoms with Crippen LogP contribution < -0.4 is 4.90 Å². The molecule has 0 aromatic heterocycles. The van der Waals surface area contributed by atoms with Crippen LogP contribution in [0.3, 0.4) is 0 Å². The molecule has 0 bridgehead atoms. The summed E-state index contributed by atoms with van der Waals surface area (Å²) >= 11 is 0. The van der Waals surface area contributed by atoms with Crippen molar-refractivity contribution in [2.45, 2.75) is 0 Å². The first-order valence-electron chi connectivity index (χ1n) is 6.19. The van der Waals surface area contributed by atoms with E-state index < -0.39 is 4.92 Å². The van der Waals surface area contributed by atoms with Crippen LogP contribution in [-0.2, 0) is 0 Å². The summed E-state index contributed by atoms with van der Waals surface area (Å²) in [6.45, 7) is 0. The number of aromatic hydroxyl groups is 1. The number of phenols is 1. The fraction of sp³-hybridized carbons (Fsp3) is 0.143. The Morgan fingerprint density at radius 2 is 1.86 bits per heavy atom. The van der Waals surface area contributed by atoms with Gasteiger partial charge in [0.15, 0.2) is 0 Å². The molecule has 0 heterocycles. The molecular formula is C14H14N3O4+. The summed E-state index contributed by atoms with van der Waals surface area (Å²) in [5.41, 5.74) is 1.16. The lowest BCUT2D eigenvalue weighted by atomic mass is 10.0. The number of hydrogen-bond acceptors (Lipinski definition) is 5. The van der Waals surface area contributed by atoms with E-state index in [0.717, 1.165) is 16.7 Å². The van der Waals surface area contributed by atoms with Crippen molar-refractivity contribution in [1.29, 1.82) is 0 Å². The van der Waals surface area contributed by atoms with E-state index >= 15 is 0 Å². The van der Waals surface area contributed by atoms with Crippen LogP contribution in [0.2, 0.25) is 0 Å². The number of nitroso groups, excluding NO2 is 1. The molecule has 0 aliphatic heterocycles. The van der Waals surface area contributed by atoms with Gasteiger partial charge in [0.1, 0.15) is 17.1 Å². The molecule has 7 heteroatoms. The molecule has 2 aromatic carbocycles.